The Morgan fingerprint density at radius 3 is 2.48 bits per heavy atom. The molecule has 4 heterocycles. The summed E-state index contributed by atoms with van der Waals surface area (Å²) in [6.45, 7) is 12.0. The number of rotatable bonds is 2. The number of anilines is 1. The van der Waals surface area contributed by atoms with E-state index in [4.69, 9.17) is 14.6 Å². The standard InChI is InChI=1S/C23H25N5O2.C2H6O/c1-12-9-13(2)25-22(24-12)28-21-18(14(3)27-28)20(17-7-6-8-30-17)19-15(26-21)10-23(4,5)11-16(19)29;1-2-3/h6-9,20,26H,10-11H2,1-5H3;3H,2H2,1H3. The molecule has 8 heteroatoms. The lowest BCUT2D eigenvalue weighted by atomic mass is 9.70. The van der Waals surface area contributed by atoms with Crippen LogP contribution in [0.2, 0.25) is 0 Å². The summed E-state index contributed by atoms with van der Waals surface area (Å²) in [7, 11) is 0. The van der Waals surface area contributed by atoms with Crippen molar-refractivity contribution >= 4 is 11.6 Å². The molecule has 5 rings (SSSR count). The maximum absolute atomic E-state index is 13.2. The van der Waals surface area contributed by atoms with Crippen molar-refractivity contribution in [1.29, 1.82) is 0 Å². The SMILES string of the molecule is CCO.Cc1cc(C)nc(-n2nc(C)c3c2NC2=C(C(=O)CC(C)(C)C2)C3c2ccco2)n1. The van der Waals surface area contributed by atoms with Crippen LogP contribution in [0, 0.1) is 26.2 Å². The average molecular weight is 450 g/mol. The highest BCUT2D eigenvalue weighted by Gasteiger charge is 2.44. The number of allylic oxidation sites excluding steroid dienone is 2. The normalized spacial score (nSPS) is 18.8. The molecule has 174 valence electrons. The third kappa shape index (κ3) is 4.23. The number of carbonyl (C=O) groups is 1. The number of Topliss-reactive ketones (excluding diaryl/α,β-unsaturated/α-hetero) is 1. The molecule has 0 amide bonds. The van der Waals surface area contributed by atoms with Crippen molar-refractivity contribution < 1.29 is 14.3 Å². The second-order valence-corrected chi connectivity index (χ2v) is 9.43. The molecule has 2 N–H and O–H groups in total. The number of nitrogens with one attached hydrogen (secondary N) is 1. The molecule has 0 saturated heterocycles. The second-order valence-electron chi connectivity index (χ2n) is 9.43. The number of fused-ring (bicyclic) bond motifs is 1. The number of ketones is 1. The average Bonchev–Trinajstić information content (AvgIpc) is 3.34. The molecule has 0 bridgehead atoms. The van der Waals surface area contributed by atoms with Crippen LogP contribution in [0.3, 0.4) is 0 Å². The van der Waals surface area contributed by atoms with Crippen molar-refractivity contribution in [1.82, 2.24) is 19.7 Å². The van der Waals surface area contributed by atoms with E-state index in [1.807, 2.05) is 39.0 Å². The van der Waals surface area contributed by atoms with Crippen LogP contribution in [0.1, 0.15) is 67.9 Å². The van der Waals surface area contributed by atoms with Crippen molar-refractivity contribution in [2.24, 2.45) is 5.41 Å². The fourth-order valence-electron chi connectivity index (χ4n) is 4.76. The summed E-state index contributed by atoms with van der Waals surface area (Å²) in [6, 6.07) is 5.73. The lowest BCUT2D eigenvalue weighted by Gasteiger charge is -2.37. The van der Waals surface area contributed by atoms with Gasteiger partial charge in [0, 0.05) is 41.2 Å². The van der Waals surface area contributed by atoms with Gasteiger partial charge in [-0.05, 0) is 57.7 Å². The van der Waals surface area contributed by atoms with Crippen molar-refractivity contribution in [3.8, 4) is 5.95 Å². The molecule has 1 unspecified atom stereocenters. The predicted octanol–water partition coefficient (Wildman–Crippen LogP) is 4.38. The highest BCUT2D eigenvalue weighted by Crippen LogP contribution is 2.50. The number of nitrogens with zero attached hydrogens (tertiary/aromatic N) is 4. The molecule has 1 aliphatic heterocycles. The Morgan fingerprint density at radius 2 is 1.88 bits per heavy atom. The van der Waals surface area contributed by atoms with Gasteiger partial charge in [0.25, 0.3) is 5.95 Å². The monoisotopic (exact) mass is 449 g/mol. The molecule has 0 radical (unpaired) electrons. The minimum absolute atomic E-state index is 0.107. The Bertz CT molecular complexity index is 1200. The van der Waals surface area contributed by atoms with E-state index in [0.717, 1.165) is 51.9 Å². The molecule has 33 heavy (non-hydrogen) atoms. The largest absolute Gasteiger partial charge is 0.468 e. The first kappa shape index (κ1) is 22.9. The Morgan fingerprint density at radius 1 is 1.21 bits per heavy atom. The molecule has 3 aromatic heterocycles. The van der Waals surface area contributed by atoms with Crippen molar-refractivity contribution in [2.75, 3.05) is 11.9 Å². The summed E-state index contributed by atoms with van der Waals surface area (Å²) in [5.41, 5.74) is 5.16. The van der Waals surface area contributed by atoms with Crippen molar-refractivity contribution in [2.45, 2.75) is 60.3 Å². The lowest BCUT2D eigenvalue weighted by molar-refractivity contribution is -0.118. The number of aryl methyl sites for hydroxylation is 3. The summed E-state index contributed by atoms with van der Waals surface area (Å²) in [5, 5.41) is 15.9. The van der Waals surface area contributed by atoms with Crippen molar-refractivity contribution in [3.05, 3.63) is 64.1 Å². The summed E-state index contributed by atoms with van der Waals surface area (Å²) < 4.78 is 7.57. The molecule has 3 aromatic rings. The maximum atomic E-state index is 13.2. The topological polar surface area (TPSA) is 106 Å². The first-order valence-corrected chi connectivity index (χ1v) is 11.2. The summed E-state index contributed by atoms with van der Waals surface area (Å²) >= 11 is 0. The minimum atomic E-state index is -0.283. The Hall–Kier alpha value is -3.26. The number of hydrogen-bond acceptors (Lipinski definition) is 7. The zero-order valence-electron chi connectivity index (χ0n) is 20.1. The van der Waals surface area contributed by atoms with Crippen LogP contribution in [0.15, 0.2) is 40.1 Å². The molecule has 0 aromatic carbocycles. The first-order valence-electron chi connectivity index (χ1n) is 11.2. The van der Waals surface area contributed by atoms with Crippen LogP contribution < -0.4 is 5.32 Å². The smallest absolute Gasteiger partial charge is 0.252 e. The molecule has 8 nitrogen and oxygen atoms in total. The lowest BCUT2D eigenvalue weighted by Crippen LogP contribution is -2.34. The Balaban J connectivity index is 0.000000821. The molecule has 2 aliphatic rings. The molecule has 0 spiro atoms. The summed E-state index contributed by atoms with van der Waals surface area (Å²) in [6.07, 6.45) is 2.96. The highest BCUT2D eigenvalue weighted by atomic mass is 16.3. The second kappa shape index (κ2) is 8.59. The van der Waals surface area contributed by atoms with Gasteiger partial charge in [-0.25, -0.2) is 9.97 Å². The van der Waals surface area contributed by atoms with Crippen LogP contribution in [0.4, 0.5) is 5.82 Å². The van der Waals surface area contributed by atoms with Gasteiger partial charge in [-0.15, -0.1) is 0 Å². The van der Waals surface area contributed by atoms with Gasteiger partial charge < -0.3 is 14.8 Å². The van der Waals surface area contributed by atoms with E-state index in [1.54, 1.807) is 17.9 Å². The third-order valence-corrected chi connectivity index (χ3v) is 5.86. The van der Waals surface area contributed by atoms with E-state index in [0.29, 0.717) is 12.4 Å². The molecule has 1 aliphatic carbocycles. The maximum Gasteiger partial charge on any atom is 0.252 e. The van der Waals surface area contributed by atoms with Crippen molar-refractivity contribution in [3.63, 3.8) is 0 Å². The van der Waals surface area contributed by atoms with E-state index < -0.39 is 0 Å². The molecule has 0 saturated carbocycles. The van der Waals surface area contributed by atoms with E-state index in [-0.39, 0.29) is 23.7 Å². The van der Waals surface area contributed by atoms with Crippen LogP contribution in [0.5, 0.6) is 0 Å². The number of carbonyl (C=O) groups excluding carboxylic acids is 1. The van der Waals surface area contributed by atoms with E-state index in [1.165, 1.54) is 0 Å². The van der Waals surface area contributed by atoms with Gasteiger partial charge in [0.1, 0.15) is 11.6 Å². The number of hydrogen-bond donors (Lipinski definition) is 2. The van der Waals surface area contributed by atoms with Gasteiger partial charge in [0.2, 0.25) is 0 Å². The number of aliphatic hydroxyl groups excluding tert-OH is 1. The predicted molar refractivity (Wildman–Crippen MR) is 125 cm³/mol. The van der Waals surface area contributed by atoms with E-state index in [2.05, 4.69) is 29.1 Å². The number of furan rings is 1. The van der Waals surface area contributed by atoms with E-state index in [9.17, 15) is 4.79 Å². The minimum Gasteiger partial charge on any atom is -0.468 e. The highest BCUT2D eigenvalue weighted by molar-refractivity contribution is 6.01. The van der Waals surface area contributed by atoms with Crippen LogP contribution >= 0.6 is 0 Å². The fourth-order valence-corrected chi connectivity index (χ4v) is 4.76. The first-order chi connectivity index (χ1) is 15.6. The zero-order valence-corrected chi connectivity index (χ0v) is 20.1. The Kier molecular flexibility index (Phi) is 5.97. The van der Waals surface area contributed by atoms with Gasteiger partial charge in [0.15, 0.2) is 5.78 Å². The van der Waals surface area contributed by atoms with Crippen LogP contribution in [0.25, 0.3) is 5.95 Å². The molecular formula is C25H31N5O3. The van der Waals surface area contributed by atoms with Gasteiger partial charge in [-0.2, -0.15) is 9.78 Å². The third-order valence-electron chi connectivity index (χ3n) is 5.86. The molecular weight excluding hydrogens is 418 g/mol. The molecule has 0 fully saturated rings. The number of aliphatic hydroxyl groups is 1. The molecule has 1 atom stereocenters. The summed E-state index contributed by atoms with van der Waals surface area (Å²) in [5.74, 6) is 1.96. The van der Waals surface area contributed by atoms with Gasteiger partial charge in [-0.3, -0.25) is 4.79 Å². The fraction of sp³-hybridized carbons (Fsp3) is 0.440. The zero-order chi connectivity index (χ0) is 23.9. The van der Waals surface area contributed by atoms with Gasteiger partial charge >= 0.3 is 0 Å². The van der Waals surface area contributed by atoms with E-state index >= 15 is 0 Å². The quantitative estimate of drug-likeness (QED) is 0.598. The van der Waals surface area contributed by atoms with Gasteiger partial charge in [0.05, 0.1) is 17.9 Å². The Labute approximate surface area is 193 Å². The number of aromatic nitrogens is 4. The van der Waals surface area contributed by atoms with Crippen LogP contribution in [-0.2, 0) is 4.79 Å². The van der Waals surface area contributed by atoms with Crippen LogP contribution in [-0.4, -0.2) is 37.2 Å². The van der Waals surface area contributed by atoms with Gasteiger partial charge in [-0.1, -0.05) is 13.8 Å². The summed E-state index contributed by atoms with van der Waals surface area (Å²) in [4.78, 5) is 22.5.